The summed E-state index contributed by atoms with van der Waals surface area (Å²) in [5, 5.41) is 0. The summed E-state index contributed by atoms with van der Waals surface area (Å²) in [5.74, 6) is -0.0309. The number of carbonyl (C=O) groups excluding carboxylic acids is 2. The number of amides is 1. The summed E-state index contributed by atoms with van der Waals surface area (Å²) >= 11 is 0. The number of Topliss-reactive ketones (excluding diaryl/α,β-unsaturated/α-hetero) is 1. The molecule has 24 heavy (non-hydrogen) atoms. The van der Waals surface area contributed by atoms with Crippen molar-refractivity contribution in [2.24, 2.45) is 0 Å². The van der Waals surface area contributed by atoms with Crippen LogP contribution >= 0.6 is 0 Å². The summed E-state index contributed by atoms with van der Waals surface area (Å²) in [7, 11) is 3.65. The molecule has 1 aliphatic heterocycles. The Bertz CT molecular complexity index is 784. The highest BCUT2D eigenvalue weighted by Gasteiger charge is 2.37. The number of carbonyl (C=O) groups is 2. The van der Waals surface area contributed by atoms with Crippen LogP contribution in [0.1, 0.15) is 21.5 Å². The number of rotatable bonds is 5. The fourth-order valence-electron chi connectivity index (χ4n) is 2.99. The summed E-state index contributed by atoms with van der Waals surface area (Å²) in [6, 6.07) is 13.4. The Morgan fingerprint density at radius 3 is 2.46 bits per heavy atom. The third-order valence-electron chi connectivity index (χ3n) is 4.22. The van der Waals surface area contributed by atoms with Crippen molar-refractivity contribution < 1.29 is 19.2 Å². The molecular formula is C19H21N2O3+. The zero-order chi connectivity index (χ0) is 17.3. The summed E-state index contributed by atoms with van der Waals surface area (Å²) < 4.78 is 5.16. The fourth-order valence-corrected chi connectivity index (χ4v) is 2.99. The van der Waals surface area contributed by atoms with Gasteiger partial charge in [-0.3, -0.25) is 14.5 Å². The predicted molar refractivity (Wildman–Crippen MR) is 91.4 cm³/mol. The maximum absolute atomic E-state index is 12.3. The topological polar surface area (TPSA) is 51.1 Å². The molecule has 0 aliphatic carbocycles. The van der Waals surface area contributed by atoms with Crippen LogP contribution in [0, 0.1) is 6.92 Å². The van der Waals surface area contributed by atoms with Crippen LogP contribution < -0.4 is 14.5 Å². The first kappa shape index (κ1) is 16.2. The van der Waals surface area contributed by atoms with Crippen molar-refractivity contribution in [3.63, 3.8) is 0 Å². The van der Waals surface area contributed by atoms with Gasteiger partial charge in [0.2, 0.25) is 0 Å². The minimum atomic E-state index is -0.440. The number of quaternary nitrogens is 1. The first-order valence-electron chi connectivity index (χ1n) is 7.90. The van der Waals surface area contributed by atoms with E-state index in [0.717, 1.165) is 28.3 Å². The number of anilines is 1. The fraction of sp³-hybridized carbons (Fsp3) is 0.263. The highest BCUT2D eigenvalue weighted by molar-refractivity contribution is 6.52. The molecule has 0 saturated heterocycles. The van der Waals surface area contributed by atoms with E-state index in [0.29, 0.717) is 17.9 Å². The summed E-state index contributed by atoms with van der Waals surface area (Å²) in [5.41, 5.74) is 3.35. The smallest absolute Gasteiger partial charge is 0.303 e. The number of benzene rings is 2. The van der Waals surface area contributed by atoms with E-state index in [1.165, 1.54) is 0 Å². The van der Waals surface area contributed by atoms with Gasteiger partial charge in [-0.25, -0.2) is 0 Å². The third-order valence-corrected chi connectivity index (χ3v) is 4.22. The molecule has 1 amide bonds. The predicted octanol–water partition coefficient (Wildman–Crippen LogP) is 1.21. The van der Waals surface area contributed by atoms with Gasteiger partial charge in [-0.15, -0.1) is 0 Å². The molecule has 1 heterocycles. The number of ketones is 1. The second-order valence-electron chi connectivity index (χ2n) is 6.22. The second kappa shape index (κ2) is 6.45. The third kappa shape index (κ3) is 3.03. The number of nitrogens with one attached hydrogen (secondary N) is 1. The molecule has 124 valence electrons. The molecule has 0 spiro atoms. The lowest BCUT2D eigenvalue weighted by molar-refractivity contribution is -0.892. The van der Waals surface area contributed by atoms with E-state index in [2.05, 4.69) is 0 Å². The molecule has 0 bridgehead atoms. The van der Waals surface area contributed by atoms with Crippen LogP contribution in [-0.4, -0.2) is 32.5 Å². The highest BCUT2D eigenvalue weighted by atomic mass is 16.5. The van der Waals surface area contributed by atoms with Crippen LogP contribution in [0.5, 0.6) is 5.75 Å². The Morgan fingerprint density at radius 1 is 1.08 bits per heavy atom. The number of nitrogens with zero attached hydrogens (tertiary/aromatic N) is 1. The Balaban J connectivity index is 1.73. The molecule has 1 atom stereocenters. The molecule has 2 aromatic rings. The lowest BCUT2D eigenvalue weighted by Gasteiger charge is -2.22. The Labute approximate surface area is 141 Å². The maximum atomic E-state index is 12.3. The van der Waals surface area contributed by atoms with Gasteiger partial charge in [0, 0.05) is 5.56 Å². The lowest BCUT2D eigenvalue weighted by atomic mass is 10.1. The normalized spacial score (nSPS) is 14.7. The summed E-state index contributed by atoms with van der Waals surface area (Å²) in [6.45, 7) is 3.12. The number of ether oxygens (including phenoxy) is 1. The van der Waals surface area contributed by atoms with E-state index in [4.69, 9.17) is 4.74 Å². The maximum Gasteiger partial charge on any atom is 0.303 e. The highest BCUT2D eigenvalue weighted by Crippen LogP contribution is 2.28. The molecule has 2 aromatic carbocycles. The number of hydrogen-bond acceptors (Lipinski definition) is 3. The average molecular weight is 325 g/mol. The van der Waals surface area contributed by atoms with Gasteiger partial charge in [0.15, 0.2) is 6.67 Å². The zero-order valence-electron chi connectivity index (χ0n) is 14.1. The van der Waals surface area contributed by atoms with E-state index in [-0.39, 0.29) is 0 Å². The molecule has 0 fully saturated rings. The first-order valence-corrected chi connectivity index (χ1v) is 7.90. The van der Waals surface area contributed by atoms with Crippen LogP contribution in [0.15, 0.2) is 42.5 Å². The number of hydrogen-bond donors (Lipinski definition) is 1. The van der Waals surface area contributed by atoms with E-state index in [1.807, 2.05) is 50.4 Å². The quantitative estimate of drug-likeness (QED) is 0.841. The molecule has 5 nitrogen and oxygen atoms in total. The van der Waals surface area contributed by atoms with Gasteiger partial charge in [-0.1, -0.05) is 11.6 Å². The molecular weight excluding hydrogens is 304 g/mol. The SMILES string of the molecule is COc1ccc(C[NH+](C)CN2C(=O)C(=O)c3cc(C)ccc32)cc1. The molecule has 5 heteroatoms. The lowest BCUT2D eigenvalue weighted by Crippen LogP contribution is -3.09. The van der Waals surface area contributed by atoms with Gasteiger partial charge < -0.3 is 9.64 Å². The van der Waals surface area contributed by atoms with Gasteiger partial charge in [-0.05, 0) is 43.3 Å². The molecule has 1 N–H and O–H groups in total. The van der Waals surface area contributed by atoms with Crippen LogP contribution in [0.25, 0.3) is 0 Å². The van der Waals surface area contributed by atoms with Crippen LogP contribution in [0.3, 0.4) is 0 Å². The molecule has 0 aromatic heterocycles. The zero-order valence-corrected chi connectivity index (χ0v) is 14.1. The van der Waals surface area contributed by atoms with Crippen LogP contribution in [0.2, 0.25) is 0 Å². The van der Waals surface area contributed by atoms with Gasteiger partial charge in [0.05, 0.1) is 25.4 Å². The van der Waals surface area contributed by atoms with Gasteiger partial charge in [-0.2, -0.15) is 0 Å². The van der Waals surface area contributed by atoms with E-state index < -0.39 is 11.7 Å². The molecule has 0 radical (unpaired) electrons. The summed E-state index contributed by atoms with van der Waals surface area (Å²) in [6.07, 6.45) is 0. The van der Waals surface area contributed by atoms with Crippen molar-refractivity contribution in [1.29, 1.82) is 0 Å². The van der Waals surface area contributed by atoms with Gasteiger partial charge in [0.25, 0.3) is 5.78 Å². The van der Waals surface area contributed by atoms with Gasteiger partial charge in [0.1, 0.15) is 12.3 Å². The van der Waals surface area contributed by atoms with Crippen molar-refractivity contribution in [3.05, 3.63) is 59.2 Å². The van der Waals surface area contributed by atoms with Crippen molar-refractivity contribution in [3.8, 4) is 5.75 Å². The van der Waals surface area contributed by atoms with E-state index in [1.54, 1.807) is 18.1 Å². The van der Waals surface area contributed by atoms with Crippen molar-refractivity contribution >= 4 is 17.4 Å². The molecule has 0 saturated carbocycles. The largest absolute Gasteiger partial charge is 0.497 e. The van der Waals surface area contributed by atoms with Crippen molar-refractivity contribution in [2.75, 3.05) is 25.7 Å². The number of fused-ring (bicyclic) bond motifs is 1. The minimum absolute atomic E-state index is 0.411. The minimum Gasteiger partial charge on any atom is -0.497 e. The monoisotopic (exact) mass is 325 g/mol. The second-order valence-corrected chi connectivity index (χ2v) is 6.22. The standard InChI is InChI=1S/C19H20N2O3/c1-13-4-9-17-16(10-13)18(22)19(23)21(17)12-20(2)11-14-5-7-15(24-3)8-6-14/h4-10H,11-12H2,1-3H3/p+1. The van der Waals surface area contributed by atoms with E-state index in [9.17, 15) is 9.59 Å². The number of methoxy groups -OCH3 is 1. The Morgan fingerprint density at radius 2 is 1.79 bits per heavy atom. The number of aryl methyl sites for hydroxylation is 1. The van der Waals surface area contributed by atoms with Crippen molar-refractivity contribution in [2.45, 2.75) is 13.5 Å². The molecule has 3 rings (SSSR count). The Kier molecular flexibility index (Phi) is 4.36. The van der Waals surface area contributed by atoms with Gasteiger partial charge >= 0.3 is 5.91 Å². The average Bonchev–Trinajstić information content (AvgIpc) is 2.80. The first-order chi connectivity index (χ1) is 11.5. The van der Waals surface area contributed by atoms with Crippen LogP contribution in [-0.2, 0) is 11.3 Å². The Hall–Kier alpha value is -2.66. The van der Waals surface area contributed by atoms with Crippen LogP contribution in [0.4, 0.5) is 5.69 Å². The molecule has 1 aliphatic rings. The summed E-state index contributed by atoms with van der Waals surface area (Å²) in [4.78, 5) is 27.1. The van der Waals surface area contributed by atoms with E-state index >= 15 is 0 Å². The van der Waals surface area contributed by atoms with Crippen molar-refractivity contribution in [1.82, 2.24) is 0 Å². The molecule has 1 unspecified atom stereocenters.